The first kappa shape index (κ1) is 29.1. The number of alkyl halides is 1. The van der Waals surface area contributed by atoms with Crippen LogP contribution >= 0.6 is 0 Å². The summed E-state index contributed by atoms with van der Waals surface area (Å²) in [6, 6.07) is 8.06. The van der Waals surface area contributed by atoms with E-state index in [0.717, 1.165) is 42.5 Å². The monoisotopic (exact) mass is 512 g/mol. The van der Waals surface area contributed by atoms with Crippen LogP contribution in [-0.2, 0) is 16.1 Å². The molecule has 1 aliphatic carbocycles. The summed E-state index contributed by atoms with van der Waals surface area (Å²) in [5, 5.41) is 3.12. The van der Waals surface area contributed by atoms with Crippen molar-refractivity contribution in [2.24, 2.45) is 16.6 Å². The fraction of sp³-hybridized carbons (Fsp3) is 0.600. The van der Waals surface area contributed by atoms with Gasteiger partial charge in [0.15, 0.2) is 5.67 Å². The van der Waals surface area contributed by atoms with Gasteiger partial charge in [0.25, 0.3) is 5.91 Å². The smallest absolute Gasteiger partial charge is 0.258 e. The minimum Gasteiger partial charge on any atom is -0.380 e. The van der Waals surface area contributed by atoms with Gasteiger partial charge in [0.05, 0.1) is 12.3 Å². The van der Waals surface area contributed by atoms with Crippen LogP contribution in [0.15, 0.2) is 53.8 Å². The van der Waals surface area contributed by atoms with Gasteiger partial charge in [0.1, 0.15) is 5.82 Å². The van der Waals surface area contributed by atoms with Crippen molar-refractivity contribution in [2.45, 2.75) is 83.0 Å². The van der Waals surface area contributed by atoms with Gasteiger partial charge < -0.3 is 20.7 Å². The molecule has 3 N–H and O–H groups in total. The maximum absolute atomic E-state index is 15.9. The van der Waals surface area contributed by atoms with Crippen molar-refractivity contribution < 1.29 is 13.9 Å². The van der Waals surface area contributed by atoms with E-state index in [0.29, 0.717) is 44.4 Å². The van der Waals surface area contributed by atoms with Crippen molar-refractivity contribution in [3.8, 4) is 0 Å². The Labute approximate surface area is 222 Å². The van der Waals surface area contributed by atoms with Crippen LogP contribution in [0.4, 0.5) is 4.39 Å². The molecule has 7 heteroatoms. The number of hydrogen-bond donors (Lipinski definition) is 2. The third kappa shape index (κ3) is 7.51. The fourth-order valence-electron chi connectivity index (χ4n) is 5.63. The van der Waals surface area contributed by atoms with Crippen LogP contribution < -0.4 is 11.1 Å². The van der Waals surface area contributed by atoms with E-state index < -0.39 is 17.1 Å². The Balaban J connectivity index is 1.65. The number of benzene rings is 1. The standard InChI is InChI=1S/C30H45FN4O2/c1-5-9-27(25-14-12-24(13-15-25)22-37-4)33-23(2)35-20-17-30(31,18-21-35)28(36)34-29(3,16-19-32)26-10-7-6-8-11-26/h5,9,12-15,26H,2,6-8,10-11,16-22,32H2,1,3-4H3,(H,34,36)/b9-5-,33-27+. The molecule has 1 unspecified atom stereocenters. The molecule has 1 aromatic carbocycles. The zero-order chi connectivity index (χ0) is 26.9. The number of nitrogens with one attached hydrogen (secondary N) is 1. The Morgan fingerprint density at radius 3 is 2.49 bits per heavy atom. The van der Waals surface area contributed by atoms with E-state index in [4.69, 9.17) is 15.5 Å². The number of amides is 1. The van der Waals surface area contributed by atoms with Gasteiger partial charge in [0, 0.05) is 44.1 Å². The molecule has 1 saturated heterocycles. The number of hydrogen-bond acceptors (Lipinski definition) is 5. The number of aliphatic imine (C=N–C) groups is 1. The molecule has 204 valence electrons. The molecule has 6 nitrogen and oxygen atoms in total. The van der Waals surface area contributed by atoms with Crippen molar-refractivity contribution in [3.63, 3.8) is 0 Å². The number of nitrogens with two attached hydrogens (primary N) is 1. The number of rotatable bonds is 11. The summed E-state index contributed by atoms with van der Waals surface area (Å²) in [4.78, 5) is 20.0. The summed E-state index contributed by atoms with van der Waals surface area (Å²) in [5.41, 5.74) is 6.39. The van der Waals surface area contributed by atoms with Crippen molar-refractivity contribution in [3.05, 3.63) is 59.9 Å². The zero-order valence-electron chi connectivity index (χ0n) is 22.9. The summed E-state index contributed by atoms with van der Waals surface area (Å²) < 4.78 is 21.1. The summed E-state index contributed by atoms with van der Waals surface area (Å²) in [7, 11) is 1.68. The largest absolute Gasteiger partial charge is 0.380 e. The number of ether oxygens (including phenoxy) is 1. The molecule has 37 heavy (non-hydrogen) atoms. The van der Waals surface area contributed by atoms with Gasteiger partial charge in [-0.2, -0.15) is 0 Å². The van der Waals surface area contributed by atoms with E-state index in [1.165, 1.54) is 6.42 Å². The minimum atomic E-state index is -1.89. The molecular weight excluding hydrogens is 467 g/mol. The number of nitrogens with zero attached hydrogens (tertiary/aromatic N) is 2. The number of allylic oxidation sites excluding steroid dienone is 2. The van der Waals surface area contributed by atoms with E-state index in [9.17, 15) is 4.79 Å². The van der Waals surface area contributed by atoms with Crippen LogP contribution in [-0.4, -0.2) is 54.5 Å². The average Bonchev–Trinajstić information content (AvgIpc) is 2.90. The van der Waals surface area contributed by atoms with E-state index >= 15 is 4.39 Å². The number of halogens is 1. The van der Waals surface area contributed by atoms with E-state index in [2.05, 4.69) is 11.9 Å². The lowest BCUT2D eigenvalue weighted by Crippen LogP contribution is -2.60. The van der Waals surface area contributed by atoms with Crippen LogP contribution in [0, 0.1) is 5.92 Å². The van der Waals surface area contributed by atoms with Gasteiger partial charge in [-0.3, -0.25) is 4.79 Å². The van der Waals surface area contributed by atoms with Crippen molar-refractivity contribution in [1.29, 1.82) is 0 Å². The number of methoxy groups -OCH3 is 1. The molecular formula is C30H45FN4O2. The zero-order valence-corrected chi connectivity index (χ0v) is 22.9. The molecule has 2 aliphatic rings. The minimum absolute atomic E-state index is 0.113. The van der Waals surface area contributed by atoms with Gasteiger partial charge in [-0.15, -0.1) is 0 Å². The van der Waals surface area contributed by atoms with Gasteiger partial charge in [-0.1, -0.05) is 56.2 Å². The highest BCUT2D eigenvalue weighted by Gasteiger charge is 2.46. The molecule has 1 atom stereocenters. The summed E-state index contributed by atoms with van der Waals surface area (Å²) >= 11 is 0. The predicted octanol–water partition coefficient (Wildman–Crippen LogP) is 5.28. The molecule has 1 aliphatic heterocycles. The Hall–Kier alpha value is -2.51. The Bertz CT molecular complexity index is 960. The lowest BCUT2D eigenvalue weighted by atomic mass is 9.73. The molecule has 1 aromatic rings. The van der Waals surface area contributed by atoms with Gasteiger partial charge in [-0.05, 0) is 57.2 Å². The van der Waals surface area contributed by atoms with E-state index in [1.54, 1.807) is 7.11 Å². The van der Waals surface area contributed by atoms with Gasteiger partial charge in [0.2, 0.25) is 0 Å². The Kier molecular flexibility index (Phi) is 10.5. The SMILES string of the molecule is C=C(/N=C(\C=C/C)c1ccc(COC)cc1)N1CCC(F)(C(=O)NC(C)(CCN)C2CCCCC2)CC1. The fourth-order valence-corrected chi connectivity index (χ4v) is 5.63. The second-order valence-corrected chi connectivity index (χ2v) is 10.7. The maximum atomic E-state index is 15.9. The average molecular weight is 513 g/mol. The normalized spacial score (nSPS) is 20.6. The van der Waals surface area contributed by atoms with Crippen LogP contribution in [0.25, 0.3) is 0 Å². The maximum Gasteiger partial charge on any atom is 0.258 e. The lowest BCUT2D eigenvalue weighted by Gasteiger charge is -2.43. The lowest BCUT2D eigenvalue weighted by molar-refractivity contribution is -0.138. The first-order valence-electron chi connectivity index (χ1n) is 13.7. The molecule has 1 saturated carbocycles. The number of likely N-dealkylation sites (tertiary alicyclic amines) is 1. The van der Waals surface area contributed by atoms with E-state index in [-0.39, 0.29) is 12.8 Å². The number of carbonyl (C=O) groups is 1. The second-order valence-electron chi connectivity index (χ2n) is 10.7. The van der Waals surface area contributed by atoms with Crippen LogP contribution in [0.5, 0.6) is 0 Å². The molecule has 0 spiro atoms. The summed E-state index contributed by atoms with van der Waals surface area (Å²) in [5.74, 6) is 0.431. The molecule has 1 amide bonds. The first-order valence-corrected chi connectivity index (χ1v) is 13.7. The van der Waals surface area contributed by atoms with Gasteiger partial charge in [-0.25, -0.2) is 9.38 Å². The Morgan fingerprint density at radius 2 is 1.92 bits per heavy atom. The highest BCUT2D eigenvalue weighted by molar-refractivity contribution is 6.09. The molecule has 1 heterocycles. The number of piperidine rings is 1. The third-order valence-corrected chi connectivity index (χ3v) is 8.03. The quantitative estimate of drug-likeness (QED) is 0.396. The molecule has 2 fully saturated rings. The topological polar surface area (TPSA) is 80.0 Å². The number of carbonyl (C=O) groups excluding carboxylic acids is 1. The summed E-state index contributed by atoms with van der Waals surface area (Å²) in [6.07, 6.45) is 10.4. The first-order chi connectivity index (χ1) is 17.7. The van der Waals surface area contributed by atoms with Crippen LogP contribution in [0.1, 0.15) is 76.3 Å². The highest BCUT2D eigenvalue weighted by Crippen LogP contribution is 2.36. The van der Waals surface area contributed by atoms with Gasteiger partial charge >= 0.3 is 0 Å². The van der Waals surface area contributed by atoms with Crippen molar-refractivity contribution in [2.75, 3.05) is 26.7 Å². The molecule has 0 aromatic heterocycles. The van der Waals surface area contributed by atoms with Crippen molar-refractivity contribution in [1.82, 2.24) is 10.2 Å². The third-order valence-electron chi connectivity index (χ3n) is 8.03. The highest BCUT2D eigenvalue weighted by atomic mass is 19.1. The van der Waals surface area contributed by atoms with Crippen LogP contribution in [0.3, 0.4) is 0 Å². The summed E-state index contributed by atoms with van der Waals surface area (Å²) in [6.45, 7) is 9.96. The molecule has 0 radical (unpaired) electrons. The Morgan fingerprint density at radius 1 is 1.27 bits per heavy atom. The van der Waals surface area contributed by atoms with E-state index in [1.807, 2.05) is 55.2 Å². The predicted molar refractivity (Wildman–Crippen MR) is 149 cm³/mol. The van der Waals surface area contributed by atoms with Crippen molar-refractivity contribution >= 4 is 11.6 Å². The second kappa shape index (κ2) is 13.3. The van der Waals surface area contributed by atoms with Crippen LogP contribution in [0.2, 0.25) is 0 Å². The molecule has 3 rings (SSSR count). The molecule has 0 bridgehead atoms.